The molecular weight excluding hydrogens is 577 g/mol. The van der Waals surface area contributed by atoms with E-state index in [2.05, 4.69) is 5.32 Å². The number of hydrogen-bond acceptors (Lipinski definition) is 4. The second-order valence-corrected chi connectivity index (χ2v) is 12.0. The lowest BCUT2D eigenvalue weighted by atomic mass is 10.0. The van der Waals surface area contributed by atoms with Crippen LogP contribution in [0.25, 0.3) is 0 Å². The number of likely N-dealkylation sites (N-methyl/N-ethyl adjacent to an activating group) is 1. The van der Waals surface area contributed by atoms with Gasteiger partial charge >= 0.3 is 0 Å². The van der Waals surface area contributed by atoms with Crippen molar-refractivity contribution in [3.8, 4) is 0 Å². The van der Waals surface area contributed by atoms with E-state index in [1.54, 1.807) is 36.4 Å². The van der Waals surface area contributed by atoms with E-state index in [0.29, 0.717) is 10.6 Å². The van der Waals surface area contributed by atoms with E-state index in [0.717, 1.165) is 21.5 Å². The van der Waals surface area contributed by atoms with Crippen molar-refractivity contribution in [3.63, 3.8) is 0 Å². The summed E-state index contributed by atoms with van der Waals surface area (Å²) in [5, 5.41) is 3.00. The predicted molar refractivity (Wildman–Crippen MR) is 162 cm³/mol. The normalized spacial score (nSPS) is 11.9. The summed E-state index contributed by atoms with van der Waals surface area (Å²) in [7, 11) is -2.93. The van der Waals surface area contributed by atoms with Gasteiger partial charge in [-0.05, 0) is 48.4 Å². The molecule has 218 valence electrons. The van der Waals surface area contributed by atoms with Gasteiger partial charge in [-0.25, -0.2) is 12.8 Å². The van der Waals surface area contributed by atoms with E-state index >= 15 is 4.39 Å². The van der Waals surface area contributed by atoms with Gasteiger partial charge in [-0.1, -0.05) is 90.0 Å². The largest absolute Gasteiger partial charge is 0.357 e. The molecule has 4 aromatic carbocycles. The number of hydrogen-bond donors (Lipinski definition) is 1. The molecule has 10 heteroatoms. The van der Waals surface area contributed by atoms with Crippen LogP contribution < -0.4 is 9.62 Å². The molecule has 4 aromatic rings. The summed E-state index contributed by atoms with van der Waals surface area (Å²) in [5.74, 6) is -1.97. The molecule has 0 heterocycles. The lowest BCUT2D eigenvalue weighted by Crippen LogP contribution is -2.53. The summed E-state index contributed by atoms with van der Waals surface area (Å²) in [5.41, 5.74) is 1.90. The molecule has 1 unspecified atom stereocenters. The molecule has 0 radical (unpaired) electrons. The van der Waals surface area contributed by atoms with Gasteiger partial charge in [-0.2, -0.15) is 0 Å². The molecule has 0 aliphatic carbocycles. The van der Waals surface area contributed by atoms with Crippen LogP contribution in [0.1, 0.15) is 16.7 Å². The molecule has 0 aliphatic rings. The number of halogens is 2. The number of amides is 2. The highest BCUT2D eigenvalue weighted by Gasteiger charge is 2.35. The van der Waals surface area contributed by atoms with Gasteiger partial charge in [0.25, 0.3) is 10.0 Å². The van der Waals surface area contributed by atoms with Gasteiger partial charge in [0, 0.05) is 25.0 Å². The first-order valence-electron chi connectivity index (χ1n) is 13.2. The van der Waals surface area contributed by atoms with Gasteiger partial charge in [0.1, 0.15) is 18.4 Å². The summed E-state index contributed by atoms with van der Waals surface area (Å²) in [4.78, 5) is 28.7. The van der Waals surface area contributed by atoms with Crippen LogP contribution in [0.4, 0.5) is 10.1 Å². The van der Waals surface area contributed by atoms with E-state index in [4.69, 9.17) is 11.6 Å². The first-order valence-corrected chi connectivity index (χ1v) is 15.1. The van der Waals surface area contributed by atoms with Gasteiger partial charge in [0.2, 0.25) is 11.8 Å². The van der Waals surface area contributed by atoms with Crippen LogP contribution in [0, 0.1) is 12.7 Å². The summed E-state index contributed by atoms with van der Waals surface area (Å²) >= 11 is 6.44. The minimum Gasteiger partial charge on any atom is -0.357 e. The number of benzene rings is 4. The number of carbonyl (C=O) groups excluding carboxylic acids is 2. The van der Waals surface area contributed by atoms with Gasteiger partial charge in [-0.3, -0.25) is 13.9 Å². The maximum absolute atomic E-state index is 15.1. The quantitative estimate of drug-likeness (QED) is 0.248. The van der Waals surface area contributed by atoms with Crippen molar-refractivity contribution >= 4 is 39.1 Å². The van der Waals surface area contributed by atoms with E-state index < -0.39 is 40.2 Å². The van der Waals surface area contributed by atoms with Crippen LogP contribution in [0.3, 0.4) is 0 Å². The van der Waals surface area contributed by atoms with Crippen molar-refractivity contribution in [3.05, 3.63) is 131 Å². The topological polar surface area (TPSA) is 86.8 Å². The second-order valence-electron chi connectivity index (χ2n) is 9.71. The fourth-order valence-electron chi connectivity index (χ4n) is 4.54. The third kappa shape index (κ3) is 7.16. The van der Waals surface area contributed by atoms with E-state index in [-0.39, 0.29) is 23.5 Å². The first kappa shape index (κ1) is 30.7. The molecular formula is C32H31ClFN3O4S. The van der Waals surface area contributed by atoms with Crippen LogP contribution in [0.2, 0.25) is 5.02 Å². The standard InChI is InChI=1S/C32H31ClFN3O4S/c1-23-16-18-26(19-17-23)42(40,41)37(29-15-9-8-14-28(29)34)22-31(38)36(21-25-12-6-7-13-27(25)33)30(32(39)35-2)20-24-10-4-3-5-11-24/h3-19,30H,20-22H2,1-2H3,(H,35,39). The Kier molecular flexibility index (Phi) is 9.98. The van der Waals surface area contributed by atoms with Crippen molar-refractivity contribution in [2.75, 3.05) is 17.9 Å². The summed E-state index contributed by atoms with van der Waals surface area (Å²) in [6, 6.07) is 26.4. The Balaban J connectivity index is 1.80. The number of nitrogens with zero attached hydrogens (tertiary/aromatic N) is 2. The zero-order chi connectivity index (χ0) is 30.3. The molecule has 1 atom stereocenters. The molecule has 0 saturated carbocycles. The Labute approximate surface area is 250 Å². The molecule has 2 amide bonds. The van der Waals surface area contributed by atoms with Gasteiger partial charge in [-0.15, -0.1) is 0 Å². The fourth-order valence-corrected chi connectivity index (χ4v) is 6.15. The molecule has 4 rings (SSSR count). The Hall–Kier alpha value is -4.21. The highest BCUT2D eigenvalue weighted by Crippen LogP contribution is 2.28. The van der Waals surface area contributed by atoms with E-state index in [1.807, 2.05) is 37.3 Å². The van der Waals surface area contributed by atoms with Crippen molar-refractivity contribution in [1.29, 1.82) is 0 Å². The zero-order valence-corrected chi connectivity index (χ0v) is 24.8. The summed E-state index contributed by atoms with van der Waals surface area (Å²) in [6.07, 6.45) is 0.154. The molecule has 0 saturated heterocycles. The average molecular weight is 608 g/mol. The van der Waals surface area contributed by atoms with Crippen LogP contribution >= 0.6 is 11.6 Å². The number of para-hydroxylation sites is 1. The maximum atomic E-state index is 15.1. The third-order valence-electron chi connectivity index (χ3n) is 6.83. The maximum Gasteiger partial charge on any atom is 0.264 e. The molecule has 0 aliphatic heterocycles. The Morgan fingerprint density at radius 2 is 1.50 bits per heavy atom. The highest BCUT2D eigenvalue weighted by atomic mass is 35.5. The minimum atomic E-state index is -4.39. The molecule has 0 fully saturated rings. The SMILES string of the molecule is CNC(=O)C(Cc1ccccc1)N(Cc1ccccc1Cl)C(=O)CN(c1ccccc1F)S(=O)(=O)c1ccc(C)cc1. The Bertz CT molecular complexity index is 1650. The van der Waals surface area contributed by atoms with Crippen molar-refractivity contribution in [2.24, 2.45) is 0 Å². The smallest absolute Gasteiger partial charge is 0.264 e. The number of rotatable bonds is 11. The van der Waals surface area contributed by atoms with Gasteiger partial charge < -0.3 is 10.2 Å². The molecule has 42 heavy (non-hydrogen) atoms. The van der Waals surface area contributed by atoms with E-state index in [1.165, 1.54) is 42.3 Å². The molecule has 0 aromatic heterocycles. The minimum absolute atomic E-state index is 0.0842. The molecule has 0 bridgehead atoms. The molecule has 7 nitrogen and oxygen atoms in total. The van der Waals surface area contributed by atoms with Gasteiger partial charge in [0.15, 0.2) is 0 Å². The first-order chi connectivity index (χ1) is 20.1. The fraction of sp³-hybridized carbons (Fsp3) is 0.188. The van der Waals surface area contributed by atoms with Crippen LogP contribution in [-0.4, -0.2) is 44.8 Å². The monoisotopic (exact) mass is 607 g/mol. The lowest BCUT2D eigenvalue weighted by Gasteiger charge is -2.33. The van der Waals surface area contributed by atoms with Gasteiger partial charge in [0.05, 0.1) is 10.6 Å². The summed E-state index contributed by atoms with van der Waals surface area (Å²) < 4.78 is 43.7. The number of nitrogens with one attached hydrogen (secondary N) is 1. The molecule has 0 spiro atoms. The summed E-state index contributed by atoms with van der Waals surface area (Å²) in [6.45, 7) is 0.968. The second kappa shape index (κ2) is 13.6. The van der Waals surface area contributed by atoms with Crippen LogP contribution in [-0.2, 0) is 32.6 Å². The van der Waals surface area contributed by atoms with Crippen LogP contribution in [0.15, 0.2) is 108 Å². The van der Waals surface area contributed by atoms with E-state index in [9.17, 15) is 18.0 Å². The lowest BCUT2D eigenvalue weighted by molar-refractivity contribution is -0.139. The van der Waals surface area contributed by atoms with Crippen molar-refractivity contribution < 1.29 is 22.4 Å². The number of sulfonamides is 1. The van der Waals surface area contributed by atoms with Crippen molar-refractivity contribution in [1.82, 2.24) is 10.2 Å². The highest BCUT2D eigenvalue weighted by molar-refractivity contribution is 7.92. The average Bonchev–Trinajstić information content (AvgIpc) is 2.99. The third-order valence-corrected chi connectivity index (χ3v) is 8.97. The number of aryl methyl sites for hydroxylation is 1. The van der Waals surface area contributed by atoms with Crippen LogP contribution in [0.5, 0.6) is 0 Å². The van der Waals surface area contributed by atoms with Crippen molar-refractivity contribution in [2.45, 2.75) is 30.8 Å². The zero-order valence-electron chi connectivity index (χ0n) is 23.2. The number of anilines is 1. The Morgan fingerprint density at radius 3 is 2.14 bits per heavy atom. The molecule has 1 N–H and O–H groups in total. The number of carbonyl (C=O) groups is 2. The Morgan fingerprint density at radius 1 is 0.881 bits per heavy atom. The predicted octanol–water partition coefficient (Wildman–Crippen LogP) is 5.37.